The van der Waals surface area contributed by atoms with Gasteiger partial charge in [0, 0.05) is 19.6 Å². The van der Waals surface area contributed by atoms with Crippen LogP contribution in [0.1, 0.15) is 26.7 Å². The number of hydrogen-bond donors (Lipinski definition) is 2. The van der Waals surface area contributed by atoms with Crippen LogP contribution in [0.3, 0.4) is 0 Å². The molecule has 1 saturated heterocycles. The number of hydrogen-bond acceptors (Lipinski definition) is 5. The molecule has 0 spiro atoms. The van der Waals surface area contributed by atoms with Crippen LogP contribution in [-0.4, -0.2) is 53.5 Å². The van der Waals surface area contributed by atoms with E-state index in [4.69, 9.17) is 16.3 Å². The van der Waals surface area contributed by atoms with Gasteiger partial charge in [-0.15, -0.1) is 0 Å². The molecular formula is C14H23ClN4O2. The maximum absolute atomic E-state index is 11.3. The Morgan fingerprint density at radius 2 is 2.14 bits per heavy atom. The molecule has 2 heterocycles. The first kappa shape index (κ1) is 16.3. The molecule has 0 saturated carbocycles. The van der Waals surface area contributed by atoms with E-state index < -0.39 is 0 Å². The van der Waals surface area contributed by atoms with Gasteiger partial charge in [-0.05, 0) is 33.2 Å². The molecule has 1 aromatic rings. The number of aromatic amines is 1. The van der Waals surface area contributed by atoms with E-state index in [-0.39, 0.29) is 10.6 Å². The Balaban J connectivity index is 1.66. The van der Waals surface area contributed by atoms with Crippen LogP contribution < -0.4 is 10.9 Å². The number of rotatable bonds is 6. The molecule has 0 aromatic carbocycles. The van der Waals surface area contributed by atoms with Crippen LogP contribution >= 0.6 is 11.6 Å². The quantitative estimate of drug-likeness (QED) is 0.783. The first-order chi connectivity index (χ1) is 10.1. The first-order valence-corrected chi connectivity index (χ1v) is 7.79. The second-order valence-electron chi connectivity index (χ2n) is 5.58. The second-order valence-corrected chi connectivity index (χ2v) is 5.96. The highest BCUT2D eigenvalue weighted by atomic mass is 35.5. The maximum Gasteiger partial charge on any atom is 0.285 e. The first-order valence-electron chi connectivity index (χ1n) is 7.41. The van der Waals surface area contributed by atoms with E-state index in [0.29, 0.717) is 17.9 Å². The van der Waals surface area contributed by atoms with Crippen molar-refractivity contribution in [1.29, 1.82) is 0 Å². The summed E-state index contributed by atoms with van der Waals surface area (Å²) in [4.78, 5) is 13.7. The summed E-state index contributed by atoms with van der Waals surface area (Å²) in [6.07, 6.45) is 4.28. The van der Waals surface area contributed by atoms with Gasteiger partial charge in [-0.1, -0.05) is 11.6 Å². The summed E-state index contributed by atoms with van der Waals surface area (Å²) in [6, 6.07) is 0. The molecule has 1 aliphatic heterocycles. The Bertz CT molecular complexity index is 498. The molecule has 2 atom stereocenters. The zero-order chi connectivity index (χ0) is 15.2. The largest absolute Gasteiger partial charge is 0.382 e. The van der Waals surface area contributed by atoms with Crippen LogP contribution in [0.15, 0.2) is 11.0 Å². The van der Waals surface area contributed by atoms with Crippen molar-refractivity contribution < 1.29 is 4.74 Å². The molecular weight excluding hydrogens is 292 g/mol. The summed E-state index contributed by atoms with van der Waals surface area (Å²) in [6.45, 7) is 8.09. The summed E-state index contributed by atoms with van der Waals surface area (Å²) in [5.74, 6) is 0. The van der Waals surface area contributed by atoms with Crippen molar-refractivity contribution >= 4 is 17.3 Å². The van der Waals surface area contributed by atoms with Crippen molar-refractivity contribution in [2.75, 3.05) is 31.5 Å². The van der Waals surface area contributed by atoms with Gasteiger partial charge in [-0.2, -0.15) is 5.10 Å². The highest BCUT2D eigenvalue weighted by molar-refractivity contribution is 6.32. The Labute approximate surface area is 129 Å². The summed E-state index contributed by atoms with van der Waals surface area (Å²) in [5.41, 5.74) is 0.229. The van der Waals surface area contributed by atoms with Crippen LogP contribution in [0.5, 0.6) is 0 Å². The summed E-state index contributed by atoms with van der Waals surface area (Å²) >= 11 is 5.89. The number of unbranched alkanes of at least 4 members (excludes halogenated alkanes) is 1. The number of H-pyrrole nitrogens is 1. The van der Waals surface area contributed by atoms with Crippen molar-refractivity contribution in [3.63, 3.8) is 0 Å². The topological polar surface area (TPSA) is 70.2 Å². The zero-order valence-electron chi connectivity index (χ0n) is 12.6. The fourth-order valence-corrected chi connectivity index (χ4v) is 2.82. The lowest BCUT2D eigenvalue weighted by atomic mass is 10.2. The van der Waals surface area contributed by atoms with Crippen LogP contribution in [0.25, 0.3) is 0 Å². The lowest BCUT2D eigenvalue weighted by molar-refractivity contribution is -0.0681. The second kappa shape index (κ2) is 7.77. The van der Waals surface area contributed by atoms with E-state index in [2.05, 4.69) is 34.3 Å². The van der Waals surface area contributed by atoms with E-state index in [1.54, 1.807) is 0 Å². The summed E-state index contributed by atoms with van der Waals surface area (Å²) in [5, 5.41) is 9.34. The van der Waals surface area contributed by atoms with Crippen molar-refractivity contribution in [3.05, 3.63) is 21.6 Å². The molecule has 0 amide bonds. The number of nitrogens with one attached hydrogen (secondary N) is 2. The number of aromatic nitrogens is 2. The van der Waals surface area contributed by atoms with Crippen molar-refractivity contribution in [1.82, 2.24) is 15.1 Å². The normalized spacial score (nSPS) is 23.2. The van der Waals surface area contributed by atoms with E-state index in [0.717, 1.165) is 39.0 Å². The van der Waals surface area contributed by atoms with Gasteiger partial charge in [-0.3, -0.25) is 9.69 Å². The van der Waals surface area contributed by atoms with Crippen molar-refractivity contribution in [2.24, 2.45) is 0 Å². The Kier molecular flexibility index (Phi) is 6.02. The Morgan fingerprint density at radius 1 is 1.43 bits per heavy atom. The molecule has 0 radical (unpaired) electrons. The summed E-state index contributed by atoms with van der Waals surface area (Å²) in [7, 11) is 0. The number of morpholine rings is 1. The van der Waals surface area contributed by atoms with Gasteiger partial charge in [0.05, 0.1) is 24.1 Å². The highest BCUT2D eigenvalue weighted by Gasteiger charge is 2.21. The lowest BCUT2D eigenvalue weighted by Crippen LogP contribution is -2.45. The number of ether oxygens (including phenoxy) is 1. The molecule has 2 N–H and O–H groups in total. The minimum atomic E-state index is -0.363. The molecule has 1 fully saturated rings. The Hall–Kier alpha value is -1.11. The van der Waals surface area contributed by atoms with E-state index in [9.17, 15) is 4.79 Å². The number of halogens is 1. The van der Waals surface area contributed by atoms with Gasteiger partial charge in [0.1, 0.15) is 5.02 Å². The van der Waals surface area contributed by atoms with Crippen LogP contribution in [0, 0.1) is 0 Å². The van der Waals surface area contributed by atoms with E-state index in [1.165, 1.54) is 6.20 Å². The predicted octanol–water partition coefficient (Wildman–Crippen LogP) is 1.72. The van der Waals surface area contributed by atoms with Gasteiger partial charge < -0.3 is 10.1 Å². The molecule has 0 aliphatic carbocycles. The van der Waals surface area contributed by atoms with Gasteiger partial charge in [0.15, 0.2) is 0 Å². The summed E-state index contributed by atoms with van der Waals surface area (Å²) < 4.78 is 5.72. The third-order valence-electron chi connectivity index (χ3n) is 3.51. The SMILES string of the molecule is CC1CN(CCCCNc2cn[nH]c(=O)c2Cl)CC(C)O1. The highest BCUT2D eigenvalue weighted by Crippen LogP contribution is 2.15. The van der Waals surface area contributed by atoms with Crippen LogP contribution in [0.2, 0.25) is 5.02 Å². The Morgan fingerprint density at radius 3 is 2.86 bits per heavy atom. The van der Waals surface area contributed by atoms with Crippen molar-refractivity contribution in [2.45, 2.75) is 38.9 Å². The molecule has 2 unspecified atom stereocenters. The molecule has 1 aromatic heterocycles. The van der Waals surface area contributed by atoms with Gasteiger partial charge in [0.25, 0.3) is 5.56 Å². The zero-order valence-corrected chi connectivity index (χ0v) is 13.3. The molecule has 0 bridgehead atoms. The van der Waals surface area contributed by atoms with E-state index in [1.807, 2.05) is 0 Å². The average Bonchev–Trinajstić information content (AvgIpc) is 2.42. The lowest BCUT2D eigenvalue weighted by Gasteiger charge is -2.35. The minimum Gasteiger partial charge on any atom is -0.382 e. The smallest absolute Gasteiger partial charge is 0.285 e. The molecule has 7 heteroatoms. The standard InChI is InChI=1S/C14H23ClN4O2/c1-10-8-19(9-11(2)21-10)6-4-3-5-16-12-7-17-18-14(20)13(12)15/h7,10-11H,3-6,8-9H2,1-2H3,(H2,16,18,20). The average molecular weight is 315 g/mol. The third kappa shape index (κ3) is 4.98. The van der Waals surface area contributed by atoms with Crippen molar-refractivity contribution in [3.8, 4) is 0 Å². The fourth-order valence-electron chi connectivity index (χ4n) is 2.66. The van der Waals surface area contributed by atoms with Crippen LogP contribution in [0.4, 0.5) is 5.69 Å². The predicted molar refractivity (Wildman–Crippen MR) is 84.0 cm³/mol. The minimum absolute atomic E-state index is 0.167. The third-order valence-corrected chi connectivity index (χ3v) is 3.88. The van der Waals surface area contributed by atoms with Gasteiger partial charge in [-0.25, -0.2) is 5.10 Å². The molecule has 118 valence electrons. The monoisotopic (exact) mass is 314 g/mol. The number of anilines is 1. The maximum atomic E-state index is 11.3. The molecule has 1 aliphatic rings. The molecule has 6 nitrogen and oxygen atoms in total. The van der Waals surface area contributed by atoms with Gasteiger partial charge >= 0.3 is 0 Å². The van der Waals surface area contributed by atoms with E-state index >= 15 is 0 Å². The van der Waals surface area contributed by atoms with Gasteiger partial charge in [0.2, 0.25) is 0 Å². The van der Waals surface area contributed by atoms with Crippen LogP contribution in [-0.2, 0) is 4.74 Å². The fraction of sp³-hybridized carbons (Fsp3) is 0.714. The molecule has 21 heavy (non-hydrogen) atoms. The number of nitrogens with zero attached hydrogens (tertiary/aromatic N) is 2. The molecule has 2 rings (SSSR count).